The number of carbonyl (C=O) groups excluding carboxylic acids is 1. The second-order valence-corrected chi connectivity index (χ2v) is 6.04. The Balaban J connectivity index is 1.63. The molecule has 1 heterocycles. The lowest BCUT2D eigenvalue weighted by atomic mass is 10.0. The Morgan fingerprint density at radius 1 is 1.45 bits per heavy atom. The van der Waals surface area contributed by atoms with E-state index in [0.29, 0.717) is 6.54 Å². The molecule has 0 radical (unpaired) electrons. The van der Waals surface area contributed by atoms with Crippen molar-refractivity contribution < 1.29 is 4.79 Å². The van der Waals surface area contributed by atoms with Crippen LogP contribution in [0.5, 0.6) is 0 Å². The fourth-order valence-corrected chi connectivity index (χ4v) is 3.52. The van der Waals surface area contributed by atoms with Gasteiger partial charge in [0.1, 0.15) is 5.01 Å². The van der Waals surface area contributed by atoms with E-state index in [4.69, 9.17) is 0 Å². The molecule has 0 spiro atoms. The number of nitrogens with one attached hydrogen (secondary N) is 1. The molecule has 0 aliphatic heterocycles. The maximum Gasteiger partial charge on any atom is 0.227 e. The molecule has 3 nitrogen and oxygen atoms in total. The predicted molar refractivity (Wildman–Crippen MR) is 80.8 cm³/mol. The van der Waals surface area contributed by atoms with E-state index in [2.05, 4.69) is 34.7 Å². The molecule has 0 saturated carbocycles. The third kappa shape index (κ3) is 2.61. The number of hydrogen-bond acceptors (Lipinski definition) is 3. The number of carbonyl (C=O) groups is 1. The van der Waals surface area contributed by atoms with Gasteiger partial charge in [0.2, 0.25) is 5.91 Å². The number of amides is 1. The Labute approximate surface area is 123 Å². The zero-order valence-electron chi connectivity index (χ0n) is 11.6. The molecule has 1 aliphatic rings. The minimum Gasteiger partial charge on any atom is -0.349 e. The summed E-state index contributed by atoms with van der Waals surface area (Å²) >= 11 is 1.62. The quantitative estimate of drug-likeness (QED) is 0.938. The summed E-state index contributed by atoms with van der Waals surface area (Å²) < 4.78 is 0. The Hall–Kier alpha value is -1.68. The first-order chi connectivity index (χ1) is 9.78. The van der Waals surface area contributed by atoms with E-state index in [1.54, 1.807) is 11.3 Å². The molecule has 1 N–H and O–H groups in total. The molecule has 1 aromatic heterocycles. The highest BCUT2D eigenvalue weighted by Crippen LogP contribution is 2.32. The SMILES string of the molecule is CCc1csc(CNC(=O)C2CCc3ccccc32)n1. The number of benzene rings is 1. The minimum absolute atomic E-state index is 0.0109. The van der Waals surface area contributed by atoms with Crippen LogP contribution in [0.15, 0.2) is 29.6 Å². The number of rotatable bonds is 4. The second kappa shape index (κ2) is 5.75. The first-order valence-corrected chi connectivity index (χ1v) is 7.94. The van der Waals surface area contributed by atoms with Crippen LogP contribution < -0.4 is 5.32 Å². The zero-order valence-corrected chi connectivity index (χ0v) is 12.4. The Morgan fingerprint density at radius 3 is 3.10 bits per heavy atom. The Kier molecular flexibility index (Phi) is 3.83. The minimum atomic E-state index is 0.0109. The zero-order chi connectivity index (χ0) is 13.9. The molecule has 104 valence electrons. The van der Waals surface area contributed by atoms with E-state index in [1.165, 1.54) is 11.1 Å². The van der Waals surface area contributed by atoms with Gasteiger partial charge in [-0.1, -0.05) is 31.2 Å². The lowest BCUT2D eigenvalue weighted by Gasteiger charge is -2.11. The van der Waals surface area contributed by atoms with Crippen LogP contribution in [0.2, 0.25) is 0 Å². The van der Waals surface area contributed by atoms with Gasteiger partial charge in [0.05, 0.1) is 18.2 Å². The summed E-state index contributed by atoms with van der Waals surface area (Å²) in [5.74, 6) is 0.139. The van der Waals surface area contributed by atoms with Gasteiger partial charge in [-0.3, -0.25) is 4.79 Å². The highest BCUT2D eigenvalue weighted by Gasteiger charge is 2.27. The van der Waals surface area contributed by atoms with E-state index >= 15 is 0 Å². The topological polar surface area (TPSA) is 42.0 Å². The molecular weight excluding hydrogens is 268 g/mol. The first-order valence-electron chi connectivity index (χ1n) is 7.06. The first kappa shape index (κ1) is 13.3. The molecule has 1 amide bonds. The molecule has 1 aliphatic carbocycles. The van der Waals surface area contributed by atoms with Gasteiger partial charge in [0, 0.05) is 5.38 Å². The van der Waals surface area contributed by atoms with Gasteiger partial charge in [0.15, 0.2) is 0 Å². The molecule has 20 heavy (non-hydrogen) atoms. The molecule has 1 aromatic carbocycles. The van der Waals surface area contributed by atoms with E-state index in [0.717, 1.165) is 30.0 Å². The van der Waals surface area contributed by atoms with Crippen molar-refractivity contribution in [3.8, 4) is 0 Å². The summed E-state index contributed by atoms with van der Waals surface area (Å²) in [7, 11) is 0. The summed E-state index contributed by atoms with van der Waals surface area (Å²) in [5, 5.41) is 6.08. The van der Waals surface area contributed by atoms with Crippen LogP contribution in [0.3, 0.4) is 0 Å². The number of hydrogen-bond donors (Lipinski definition) is 1. The van der Waals surface area contributed by atoms with Gasteiger partial charge in [0.25, 0.3) is 0 Å². The average molecular weight is 286 g/mol. The lowest BCUT2D eigenvalue weighted by molar-refractivity contribution is -0.122. The maximum absolute atomic E-state index is 12.3. The average Bonchev–Trinajstić information content (AvgIpc) is 3.11. The summed E-state index contributed by atoms with van der Waals surface area (Å²) in [6.07, 6.45) is 2.87. The van der Waals surface area contributed by atoms with Crippen molar-refractivity contribution in [1.29, 1.82) is 0 Å². The van der Waals surface area contributed by atoms with E-state index in [9.17, 15) is 4.79 Å². The van der Waals surface area contributed by atoms with Crippen LogP contribution in [0, 0.1) is 0 Å². The third-order valence-corrected chi connectivity index (χ3v) is 4.72. The van der Waals surface area contributed by atoms with Crippen LogP contribution in [0.25, 0.3) is 0 Å². The van der Waals surface area contributed by atoms with Crippen molar-refractivity contribution in [3.05, 3.63) is 51.5 Å². The highest BCUT2D eigenvalue weighted by molar-refractivity contribution is 7.09. The van der Waals surface area contributed by atoms with Gasteiger partial charge in [-0.2, -0.15) is 0 Å². The van der Waals surface area contributed by atoms with Crippen LogP contribution in [-0.2, 0) is 24.2 Å². The molecule has 2 aromatic rings. The summed E-state index contributed by atoms with van der Waals surface area (Å²) in [6, 6.07) is 8.25. The maximum atomic E-state index is 12.3. The van der Waals surface area contributed by atoms with E-state index < -0.39 is 0 Å². The lowest BCUT2D eigenvalue weighted by Crippen LogP contribution is -2.27. The van der Waals surface area contributed by atoms with Crippen molar-refractivity contribution in [2.45, 2.75) is 38.6 Å². The van der Waals surface area contributed by atoms with Crippen LogP contribution in [-0.4, -0.2) is 10.9 Å². The molecular formula is C16H18N2OS. The molecule has 4 heteroatoms. The number of fused-ring (bicyclic) bond motifs is 1. The fraction of sp³-hybridized carbons (Fsp3) is 0.375. The van der Waals surface area contributed by atoms with Gasteiger partial charge < -0.3 is 5.32 Å². The highest BCUT2D eigenvalue weighted by atomic mass is 32.1. The van der Waals surface area contributed by atoms with Crippen LogP contribution in [0.4, 0.5) is 0 Å². The standard InChI is InChI=1S/C16H18N2OS/c1-2-12-10-20-15(18-12)9-17-16(19)14-8-7-11-5-3-4-6-13(11)14/h3-6,10,14H,2,7-9H2,1H3,(H,17,19). The molecule has 1 atom stereocenters. The summed E-state index contributed by atoms with van der Waals surface area (Å²) in [6.45, 7) is 2.63. The summed E-state index contributed by atoms with van der Waals surface area (Å²) in [5.41, 5.74) is 3.61. The van der Waals surface area contributed by atoms with E-state index in [1.807, 2.05) is 12.1 Å². The molecule has 0 fully saturated rings. The van der Waals surface area contributed by atoms with Gasteiger partial charge >= 0.3 is 0 Å². The van der Waals surface area contributed by atoms with Crippen molar-refractivity contribution in [3.63, 3.8) is 0 Å². The fourth-order valence-electron chi connectivity index (χ4n) is 2.71. The third-order valence-electron chi connectivity index (χ3n) is 3.82. The number of thiazole rings is 1. The molecule has 0 bridgehead atoms. The second-order valence-electron chi connectivity index (χ2n) is 5.09. The molecule has 0 saturated heterocycles. The van der Waals surface area contributed by atoms with Crippen molar-refractivity contribution in [2.75, 3.05) is 0 Å². The summed E-state index contributed by atoms with van der Waals surface area (Å²) in [4.78, 5) is 16.8. The smallest absolute Gasteiger partial charge is 0.227 e. The monoisotopic (exact) mass is 286 g/mol. The van der Waals surface area contributed by atoms with Crippen molar-refractivity contribution in [1.82, 2.24) is 10.3 Å². The Bertz CT molecular complexity index is 620. The van der Waals surface area contributed by atoms with Gasteiger partial charge in [-0.25, -0.2) is 4.98 Å². The van der Waals surface area contributed by atoms with E-state index in [-0.39, 0.29) is 11.8 Å². The van der Waals surface area contributed by atoms with Crippen LogP contribution >= 0.6 is 11.3 Å². The van der Waals surface area contributed by atoms with Crippen LogP contribution in [0.1, 0.15) is 41.1 Å². The van der Waals surface area contributed by atoms with Gasteiger partial charge in [-0.15, -0.1) is 11.3 Å². The van der Waals surface area contributed by atoms with Crippen molar-refractivity contribution >= 4 is 17.2 Å². The number of aromatic nitrogens is 1. The number of aryl methyl sites for hydroxylation is 2. The normalized spacial score (nSPS) is 16.9. The van der Waals surface area contributed by atoms with Gasteiger partial charge in [-0.05, 0) is 30.4 Å². The Morgan fingerprint density at radius 2 is 2.30 bits per heavy atom. The van der Waals surface area contributed by atoms with Crippen molar-refractivity contribution in [2.24, 2.45) is 0 Å². The number of nitrogens with zero attached hydrogens (tertiary/aromatic N) is 1. The molecule has 1 unspecified atom stereocenters. The largest absolute Gasteiger partial charge is 0.349 e. The molecule has 3 rings (SSSR count). The predicted octanol–water partition coefficient (Wildman–Crippen LogP) is 3.05.